The zero-order valence-corrected chi connectivity index (χ0v) is 22.0. The van der Waals surface area contributed by atoms with E-state index in [4.69, 9.17) is 27.9 Å². The van der Waals surface area contributed by atoms with Crippen molar-refractivity contribution in [1.82, 2.24) is 10.2 Å². The molecule has 4 rings (SSSR count). The van der Waals surface area contributed by atoms with Gasteiger partial charge in [-0.05, 0) is 75.8 Å². The highest BCUT2D eigenvalue weighted by molar-refractivity contribution is 6.35. The topological polar surface area (TPSA) is 95.9 Å². The molecule has 1 aliphatic heterocycles. The smallest absolute Gasteiger partial charge is 0.407 e. The average molecular weight is 533 g/mol. The first kappa shape index (κ1) is 26.3. The fourth-order valence-electron chi connectivity index (χ4n) is 5.26. The summed E-state index contributed by atoms with van der Waals surface area (Å²) in [5.74, 6) is -2.24. The number of rotatable bonds is 4. The van der Waals surface area contributed by atoms with Crippen LogP contribution in [0.4, 0.5) is 4.79 Å². The molecule has 0 saturated heterocycles. The first-order valence-electron chi connectivity index (χ1n) is 12.0. The molecule has 2 atom stereocenters. The molecule has 2 aromatic carbocycles. The molecule has 0 unspecified atom stereocenters. The Bertz CT molecular complexity index is 1170. The number of carboxylic acids is 1. The Morgan fingerprint density at radius 1 is 1.03 bits per heavy atom. The summed E-state index contributed by atoms with van der Waals surface area (Å²) in [6, 6.07) is 10.7. The van der Waals surface area contributed by atoms with Crippen LogP contribution in [0.5, 0.6) is 0 Å². The zero-order valence-electron chi connectivity index (χ0n) is 20.5. The maximum atomic E-state index is 13.8. The number of benzene rings is 2. The minimum Gasteiger partial charge on any atom is -0.481 e. The monoisotopic (exact) mass is 532 g/mol. The van der Waals surface area contributed by atoms with Crippen LogP contribution in [-0.4, -0.2) is 45.7 Å². The molecule has 2 N–H and O–H groups in total. The second-order valence-electron chi connectivity index (χ2n) is 10.4. The van der Waals surface area contributed by atoms with Crippen molar-refractivity contribution in [3.05, 3.63) is 69.2 Å². The van der Waals surface area contributed by atoms with Crippen molar-refractivity contribution in [1.29, 1.82) is 0 Å². The Morgan fingerprint density at radius 3 is 2.31 bits per heavy atom. The number of nitrogens with zero attached hydrogens (tertiary/aromatic N) is 1. The maximum absolute atomic E-state index is 13.8. The summed E-state index contributed by atoms with van der Waals surface area (Å²) in [5, 5.41) is 14.0. The molecule has 1 heterocycles. The number of ether oxygens (including phenoxy) is 1. The Kier molecular flexibility index (Phi) is 7.53. The summed E-state index contributed by atoms with van der Waals surface area (Å²) in [5.41, 5.74) is 0.819. The van der Waals surface area contributed by atoms with Gasteiger partial charge in [0.15, 0.2) is 0 Å². The minimum absolute atomic E-state index is 0.0869. The van der Waals surface area contributed by atoms with E-state index in [2.05, 4.69) is 5.32 Å². The summed E-state index contributed by atoms with van der Waals surface area (Å²) < 4.78 is 5.37. The van der Waals surface area contributed by atoms with E-state index >= 15 is 0 Å². The normalized spacial score (nSPS) is 24.1. The third-order valence-corrected chi connectivity index (χ3v) is 7.30. The van der Waals surface area contributed by atoms with Crippen LogP contribution in [0.2, 0.25) is 10.0 Å². The van der Waals surface area contributed by atoms with Crippen LogP contribution in [0.3, 0.4) is 0 Å². The highest BCUT2D eigenvalue weighted by Gasteiger charge is 2.48. The van der Waals surface area contributed by atoms with Gasteiger partial charge in [0, 0.05) is 27.7 Å². The van der Waals surface area contributed by atoms with Crippen molar-refractivity contribution < 1.29 is 24.2 Å². The molecule has 7 nitrogen and oxygen atoms in total. The van der Waals surface area contributed by atoms with Gasteiger partial charge < -0.3 is 20.1 Å². The molecule has 1 aliphatic carbocycles. The van der Waals surface area contributed by atoms with Gasteiger partial charge in [-0.1, -0.05) is 47.5 Å². The number of carbonyl (C=O) groups is 3. The predicted molar refractivity (Wildman–Crippen MR) is 138 cm³/mol. The van der Waals surface area contributed by atoms with Crippen LogP contribution in [0.1, 0.15) is 79.9 Å². The van der Waals surface area contributed by atoms with Gasteiger partial charge in [0.1, 0.15) is 11.5 Å². The van der Waals surface area contributed by atoms with Gasteiger partial charge >= 0.3 is 12.1 Å². The van der Waals surface area contributed by atoms with Crippen LogP contribution >= 0.6 is 23.2 Å². The zero-order chi connectivity index (χ0) is 26.2. The van der Waals surface area contributed by atoms with Crippen molar-refractivity contribution in [3.63, 3.8) is 0 Å². The van der Waals surface area contributed by atoms with E-state index in [1.165, 1.54) is 0 Å². The van der Waals surface area contributed by atoms with Crippen molar-refractivity contribution >= 4 is 41.2 Å². The summed E-state index contributed by atoms with van der Waals surface area (Å²) in [4.78, 5) is 40.4. The average Bonchev–Trinajstić information content (AvgIpc) is 2.78. The molecular formula is C27H30Cl2N2O5. The first-order chi connectivity index (χ1) is 17.0. The highest BCUT2D eigenvalue weighted by Crippen LogP contribution is 2.47. The van der Waals surface area contributed by atoms with E-state index in [0.717, 1.165) is 0 Å². The number of fused-ring (bicyclic) bond motifs is 1. The van der Waals surface area contributed by atoms with E-state index in [1.54, 1.807) is 47.4 Å². The predicted octanol–water partition coefficient (Wildman–Crippen LogP) is 6.19. The lowest BCUT2D eigenvalue weighted by atomic mass is 9.77. The summed E-state index contributed by atoms with van der Waals surface area (Å²) in [6.07, 6.45) is 2.00. The van der Waals surface area contributed by atoms with Crippen LogP contribution in [-0.2, 0) is 9.53 Å². The molecule has 1 fully saturated rings. The number of amides is 2. The van der Waals surface area contributed by atoms with E-state index < -0.39 is 29.6 Å². The molecular weight excluding hydrogens is 503 g/mol. The summed E-state index contributed by atoms with van der Waals surface area (Å²) in [6.45, 7) is 5.43. The highest BCUT2D eigenvalue weighted by atomic mass is 35.5. The number of aliphatic carboxylic acids is 1. The van der Waals surface area contributed by atoms with E-state index in [1.807, 2.05) is 20.8 Å². The van der Waals surface area contributed by atoms with Gasteiger partial charge in [-0.25, -0.2) is 4.79 Å². The Morgan fingerprint density at radius 2 is 1.69 bits per heavy atom. The lowest BCUT2D eigenvalue weighted by Crippen LogP contribution is -2.52. The molecule has 2 amide bonds. The van der Waals surface area contributed by atoms with Crippen molar-refractivity contribution in [3.8, 4) is 0 Å². The number of hydrogen-bond donors (Lipinski definition) is 2. The largest absolute Gasteiger partial charge is 0.481 e. The van der Waals surface area contributed by atoms with E-state index in [0.29, 0.717) is 52.4 Å². The standard InChI is InChI=1S/C27H30Cl2N2O5/c1-27(2,3)36-26(35)30-16-9-11-17(12-10-16)31-23(20-13-8-15(28)14-21(20)29)22(25(33)34)18-6-4-5-7-19(18)24(31)32/h4-8,13-14,16-17,22-23H,9-12H2,1-3H3,(H,30,35)(H,33,34)/t16-,17-,22-,23+/m1/s1. The van der Waals surface area contributed by atoms with Crippen LogP contribution in [0, 0.1) is 0 Å². The summed E-state index contributed by atoms with van der Waals surface area (Å²) >= 11 is 12.7. The number of carboxylic acid groups (broad SMARTS) is 1. The maximum Gasteiger partial charge on any atom is 0.407 e. The number of alkyl carbamates (subject to hydrolysis) is 1. The van der Waals surface area contributed by atoms with Crippen molar-refractivity contribution in [2.75, 3.05) is 0 Å². The third-order valence-electron chi connectivity index (χ3n) is 6.73. The van der Waals surface area contributed by atoms with Gasteiger partial charge in [0.05, 0.1) is 6.04 Å². The van der Waals surface area contributed by atoms with Gasteiger partial charge in [-0.2, -0.15) is 0 Å². The summed E-state index contributed by atoms with van der Waals surface area (Å²) in [7, 11) is 0. The molecule has 36 heavy (non-hydrogen) atoms. The minimum atomic E-state index is -1.03. The number of halogens is 2. The van der Waals surface area contributed by atoms with Gasteiger partial charge in [0.25, 0.3) is 5.91 Å². The second kappa shape index (κ2) is 10.3. The van der Waals surface area contributed by atoms with Crippen molar-refractivity contribution in [2.24, 2.45) is 0 Å². The molecule has 0 radical (unpaired) electrons. The lowest BCUT2D eigenvalue weighted by molar-refractivity contribution is -0.141. The second-order valence-corrected chi connectivity index (χ2v) is 11.2. The number of nitrogens with one attached hydrogen (secondary N) is 1. The van der Waals surface area contributed by atoms with E-state index in [9.17, 15) is 19.5 Å². The first-order valence-corrected chi connectivity index (χ1v) is 12.8. The van der Waals surface area contributed by atoms with E-state index in [-0.39, 0.29) is 18.0 Å². The van der Waals surface area contributed by atoms with Crippen LogP contribution in [0.15, 0.2) is 42.5 Å². The molecule has 9 heteroatoms. The molecule has 0 aromatic heterocycles. The lowest BCUT2D eigenvalue weighted by Gasteiger charge is -2.47. The Balaban J connectivity index is 1.66. The fourth-order valence-corrected chi connectivity index (χ4v) is 5.78. The molecule has 0 bridgehead atoms. The Hall–Kier alpha value is -2.77. The van der Waals surface area contributed by atoms with Gasteiger partial charge in [-0.3, -0.25) is 9.59 Å². The molecule has 0 spiro atoms. The quantitative estimate of drug-likeness (QED) is 0.488. The van der Waals surface area contributed by atoms with Crippen molar-refractivity contribution in [2.45, 2.75) is 76.1 Å². The van der Waals surface area contributed by atoms with Crippen LogP contribution < -0.4 is 5.32 Å². The molecule has 2 aromatic rings. The molecule has 1 saturated carbocycles. The number of carbonyl (C=O) groups excluding carboxylic acids is 2. The Labute approximate surface area is 220 Å². The molecule has 192 valence electrons. The third kappa shape index (κ3) is 5.47. The molecule has 2 aliphatic rings. The number of hydrogen-bond acceptors (Lipinski definition) is 4. The SMILES string of the molecule is CC(C)(C)OC(=O)N[C@H]1CC[C@H](N2C(=O)c3ccccc3[C@@H](C(=O)O)[C@@H]2c2ccc(Cl)cc2Cl)CC1. The van der Waals surface area contributed by atoms with Gasteiger partial charge in [0.2, 0.25) is 0 Å². The fraction of sp³-hybridized carbons (Fsp3) is 0.444. The van der Waals surface area contributed by atoms with Gasteiger partial charge in [-0.15, -0.1) is 0 Å². The van der Waals surface area contributed by atoms with Crippen LogP contribution in [0.25, 0.3) is 0 Å².